The number of hydrogen-bond donors (Lipinski definition) is 0. The summed E-state index contributed by atoms with van der Waals surface area (Å²) in [7, 11) is 1.56. The smallest absolute Gasteiger partial charge is 0.238 e. The molecule has 0 aliphatic heterocycles. The molecule has 108 valence electrons. The first-order valence-corrected chi connectivity index (χ1v) is 7.83. The summed E-state index contributed by atoms with van der Waals surface area (Å²) < 4.78 is 0. The van der Waals surface area contributed by atoms with Crippen LogP contribution in [-0.2, 0) is 16.0 Å². The van der Waals surface area contributed by atoms with Gasteiger partial charge in [0.25, 0.3) is 0 Å². The van der Waals surface area contributed by atoms with Crippen molar-refractivity contribution in [2.24, 2.45) is 0 Å². The molecule has 1 aromatic carbocycles. The second-order valence-corrected chi connectivity index (χ2v) is 5.66. The Labute approximate surface area is 125 Å². The molecule has 0 unspecified atom stereocenters. The third-order valence-electron chi connectivity index (χ3n) is 3.06. The van der Waals surface area contributed by atoms with Gasteiger partial charge >= 0.3 is 0 Å². The van der Waals surface area contributed by atoms with Crippen LogP contribution in [0.2, 0.25) is 0 Å². The molecule has 0 radical (unpaired) electrons. The van der Waals surface area contributed by atoms with Gasteiger partial charge in [0, 0.05) is 13.5 Å². The second-order valence-electron chi connectivity index (χ2n) is 4.39. The summed E-state index contributed by atoms with van der Waals surface area (Å²) in [6, 6.07) is 7.85. The number of benzene rings is 1. The van der Waals surface area contributed by atoms with Crippen molar-refractivity contribution < 1.29 is 9.59 Å². The predicted molar refractivity (Wildman–Crippen MR) is 85.6 cm³/mol. The van der Waals surface area contributed by atoms with Gasteiger partial charge in [-0.1, -0.05) is 43.8 Å². The van der Waals surface area contributed by atoms with E-state index < -0.39 is 0 Å². The fourth-order valence-corrected chi connectivity index (χ4v) is 2.37. The number of imide groups is 1. The second kappa shape index (κ2) is 8.59. The molecule has 0 aliphatic carbocycles. The molecule has 2 amide bonds. The maximum absolute atomic E-state index is 12.0. The summed E-state index contributed by atoms with van der Waals surface area (Å²) >= 11 is 1.53. The summed E-state index contributed by atoms with van der Waals surface area (Å²) in [5.41, 5.74) is 2.12. The van der Waals surface area contributed by atoms with Crippen LogP contribution in [0, 0.1) is 0 Å². The third kappa shape index (κ3) is 4.85. The maximum Gasteiger partial charge on any atom is 0.238 e. The van der Waals surface area contributed by atoms with Crippen molar-refractivity contribution in [2.75, 3.05) is 18.6 Å². The number of hydrogen-bond acceptors (Lipinski definition) is 3. The van der Waals surface area contributed by atoms with Crippen LogP contribution in [0.1, 0.15) is 24.5 Å². The lowest BCUT2D eigenvalue weighted by molar-refractivity contribution is -0.141. The first-order valence-electron chi connectivity index (χ1n) is 6.67. The first-order chi connectivity index (χ1) is 9.60. The van der Waals surface area contributed by atoms with Crippen molar-refractivity contribution in [3.63, 3.8) is 0 Å². The number of carbonyl (C=O) groups excluding carboxylic acids is 2. The molecule has 0 aromatic heterocycles. The average Bonchev–Trinajstić information content (AvgIpc) is 2.49. The highest BCUT2D eigenvalue weighted by atomic mass is 32.2. The van der Waals surface area contributed by atoms with Crippen LogP contribution in [0.25, 0.3) is 6.08 Å². The number of thioether (sulfide) groups is 1. The van der Waals surface area contributed by atoms with Crippen molar-refractivity contribution in [1.82, 2.24) is 4.90 Å². The molecule has 1 rings (SSSR count). The minimum Gasteiger partial charge on any atom is -0.285 e. The average molecular weight is 291 g/mol. The van der Waals surface area contributed by atoms with Crippen LogP contribution in [-0.4, -0.2) is 35.3 Å². The van der Waals surface area contributed by atoms with E-state index in [1.165, 1.54) is 16.7 Å². The zero-order valence-electron chi connectivity index (χ0n) is 12.1. The predicted octanol–water partition coefficient (Wildman–Crippen LogP) is 3.00. The Bertz CT molecular complexity index is 485. The van der Waals surface area contributed by atoms with Gasteiger partial charge in [0.1, 0.15) is 0 Å². The molecule has 0 saturated heterocycles. The fraction of sp³-hybridized carbons (Fsp3) is 0.375. The summed E-state index contributed by atoms with van der Waals surface area (Å²) in [5.74, 6) is 0.979. The van der Waals surface area contributed by atoms with E-state index in [4.69, 9.17) is 0 Å². The van der Waals surface area contributed by atoms with Crippen LogP contribution >= 0.6 is 11.8 Å². The van der Waals surface area contributed by atoms with E-state index in [1.807, 2.05) is 31.2 Å². The van der Waals surface area contributed by atoms with Crippen molar-refractivity contribution >= 4 is 29.7 Å². The van der Waals surface area contributed by atoms with Crippen molar-refractivity contribution in [3.05, 3.63) is 42.0 Å². The SMILES string of the molecule is C=Cc1ccccc1CCC(=O)N(C)C(=O)CSCC. The quantitative estimate of drug-likeness (QED) is 0.775. The molecule has 0 N–H and O–H groups in total. The van der Waals surface area contributed by atoms with Gasteiger partial charge < -0.3 is 0 Å². The molecule has 0 fully saturated rings. The molecule has 0 heterocycles. The van der Waals surface area contributed by atoms with Crippen LogP contribution in [0.4, 0.5) is 0 Å². The van der Waals surface area contributed by atoms with Crippen LogP contribution in [0.15, 0.2) is 30.8 Å². The lowest BCUT2D eigenvalue weighted by Crippen LogP contribution is -2.34. The van der Waals surface area contributed by atoms with E-state index in [2.05, 4.69) is 6.58 Å². The Morgan fingerprint density at radius 2 is 2.00 bits per heavy atom. The van der Waals surface area contributed by atoms with Crippen molar-refractivity contribution in [2.45, 2.75) is 19.8 Å². The third-order valence-corrected chi connectivity index (χ3v) is 3.92. The molecule has 20 heavy (non-hydrogen) atoms. The minimum absolute atomic E-state index is 0.126. The lowest BCUT2D eigenvalue weighted by Gasteiger charge is -2.15. The van der Waals surface area contributed by atoms with E-state index in [1.54, 1.807) is 13.1 Å². The highest BCUT2D eigenvalue weighted by Gasteiger charge is 2.16. The molecular formula is C16H21NO2S. The molecule has 4 heteroatoms. The number of rotatable bonds is 7. The van der Waals surface area contributed by atoms with E-state index in [9.17, 15) is 9.59 Å². The van der Waals surface area contributed by atoms with Gasteiger partial charge in [-0.3, -0.25) is 14.5 Å². The molecule has 1 aromatic rings. The molecule has 0 spiro atoms. The first kappa shape index (κ1) is 16.5. The number of carbonyl (C=O) groups is 2. The highest BCUT2D eigenvalue weighted by molar-refractivity contribution is 7.99. The number of nitrogens with zero attached hydrogens (tertiary/aromatic N) is 1. The summed E-state index contributed by atoms with van der Waals surface area (Å²) in [4.78, 5) is 25.0. The molecule has 0 aliphatic rings. The summed E-state index contributed by atoms with van der Waals surface area (Å²) in [5, 5.41) is 0. The van der Waals surface area contributed by atoms with Gasteiger partial charge in [0.15, 0.2) is 0 Å². The largest absolute Gasteiger partial charge is 0.285 e. The molecular weight excluding hydrogens is 270 g/mol. The topological polar surface area (TPSA) is 37.4 Å². The molecule has 0 saturated carbocycles. The van der Waals surface area contributed by atoms with Gasteiger partial charge in [0.2, 0.25) is 11.8 Å². The van der Waals surface area contributed by atoms with Crippen molar-refractivity contribution in [3.8, 4) is 0 Å². The summed E-state index contributed by atoms with van der Waals surface area (Å²) in [6.45, 7) is 5.76. The summed E-state index contributed by atoms with van der Waals surface area (Å²) in [6.07, 6.45) is 2.75. The normalized spacial score (nSPS) is 10.1. The van der Waals surface area contributed by atoms with Gasteiger partial charge in [0.05, 0.1) is 5.75 Å². The van der Waals surface area contributed by atoms with Crippen LogP contribution in [0.3, 0.4) is 0 Å². The van der Waals surface area contributed by atoms with Crippen molar-refractivity contribution in [1.29, 1.82) is 0 Å². The molecule has 0 atom stereocenters. The van der Waals surface area contributed by atoms with Gasteiger partial charge in [-0.25, -0.2) is 0 Å². The lowest BCUT2D eigenvalue weighted by atomic mass is 10.0. The molecule has 3 nitrogen and oxygen atoms in total. The van der Waals surface area contributed by atoms with Gasteiger partial charge in [-0.05, 0) is 23.3 Å². The Balaban J connectivity index is 2.54. The van der Waals surface area contributed by atoms with Crippen LogP contribution < -0.4 is 0 Å². The van der Waals surface area contributed by atoms with E-state index in [0.717, 1.165) is 16.9 Å². The Kier molecular flexibility index (Phi) is 7.09. The fourth-order valence-electron chi connectivity index (χ4n) is 1.80. The standard InChI is InChI=1S/C16H21NO2S/c1-4-13-8-6-7-9-14(13)10-11-15(18)17(3)16(19)12-20-5-2/h4,6-9H,1,5,10-12H2,2-3H3. The van der Waals surface area contributed by atoms with E-state index >= 15 is 0 Å². The zero-order valence-corrected chi connectivity index (χ0v) is 12.9. The van der Waals surface area contributed by atoms with Crippen LogP contribution in [0.5, 0.6) is 0 Å². The van der Waals surface area contributed by atoms with Gasteiger partial charge in [-0.15, -0.1) is 0 Å². The highest BCUT2D eigenvalue weighted by Crippen LogP contribution is 2.13. The maximum atomic E-state index is 12.0. The Hall–Kier alpha value is -1.55. The Morgan fingerprint density at radius 1 is 1.30 bits per heavy atom. The zero-order chi connectivity index (χ0) is 15.0. The number of aryl methyl sites for hydroxylation is 1. The van der Waals surface area contributed by atoms with E-state index in [-0.39, 0.29) is 11.8 Å². The number of amides is 2. The Morgan fingerprint density at radius 3 is 2.65 bits per heavy atom. The molecule has 0 bridgehead atoms. The van der Waals surface area contributed by atoms with Gasteiger partial charge in [-0.2, -0.15) is 11.8 Å². The van der Waals surface area contributed by atoms with E-state index in [0.29, 0.717) is 18.6 Å². The minimum atomic E-state index is -0.134. The monoisotopic (exact) mass is 291 g/mol.